The molecule has 9 nitrogen and oxygen atoms in total. The third-order valence-corrected chi connectivity index (χ3v) is 8.04. The summed E-state index contributed by atoms with van der Waals surface area (Å²) in [6.07, 6.45) is 0.480. The number of amides is 3. The fraction of sp³-hybridized carbons (Fsp3) is 0.464. The van der Waals surface area contributed by atoms with E-state index < -0.39 is 17.8 Å². The molecule has 4 aliphatic rings. The molecule has 3 fully saturated rings. The zero-order valence-electron chi connectivity index (χ0n) is 21.3. The summed E-state index contributed by atoms with van der Waals surface area (Å²) in [7, 11) is 0. The van der Waals surface area contributed by atoms with E-state index in [9.17, 15) is 14.4 Å². The van der Waals surface area contributed by atoms with Gasteiger partial charge in [-0.1, -0.05) is 18.2 Å². The minimum atomic E-state index is -0.706. The largest absolute Gasteiger partial charge is 0.378 e. The lowest BCUT2D eigenvalue weighted by Crippen LogP contribution is -2.52. The van der Waals surface area contributed by atoms with Gasteiger partial charge in [-0.15, -0.1) is 0 Å². The Labute approximate surface area is 221 Å². The lowest BCUT2D eigenvalue weighted by atomic mass is 10.0. The first-order valence-corrected chi connectivity index (χ1v) is 13.3. The second-order valence-corrected chi connectivity index (χ2v) is 10.4. The summed E-state index contributed by atoms with van der Waals surface area (Å²) in [4.78, 5) is 45.1. The number of nitrogens with zero attached hydrogens (tertiary/aromatic N) is 4. The minimum Gasteiger partial charge on any atom is -0.378 e. The van der Waals surface area contributed by atoms with Crippen LogP contribution in [0.5, 0.6) is 0 Å². The number of morpholine rings is 1. The molecular formula is C28H32FN5O4. The van der Waals surface area contributed by atoms with Crippen molar-refractivity contribution >= 4 is 29.1 Å². The van der Waals surface area contributed by atoms with E-state index in [1.165, 1.54) is 22.2 Å². The van der Waals surface area contributed by atoms with Crippen molar-refractivity contribution in [3.8, 4) is 0 Å². The number of hydrogen-bond acceptors (Lipinski definition) is 7. The maximum Gasteiger partial charge on any atom is 0.255 e. The van der Waals surface area contributed by atoms with Gasteiger partial charge >= 0.3 is 0 Å². The highest BCUT2D eigenvalue weighted by atomic mass is 19.1. The number of fused-ring (bicyclic) bond motifs is 1. The van der Waals surface area contributed by atoms with Crippen molar-refractivity contribution in [2.45, 2.75) is 32.0 Å². The molecule has 0 saturated carbocycles. The van der Waals surface area contributed by atoms with E-state index in [2.05, 4.69) is 39.4 Å². The monoisotopic (exact) mass is 521 g/mol. The number of piperazine rings is 1. The molecule has 6 rings (SSSR count). The van der Waals surface area contributed by atoms with Crippen molar-refractivity contribution in [1.82, 2.24) is 15.1 Å². The van der Waals surface area contributed by atoms with Crippen LogP contribution in [0.15, 0.2) is 36.4 Å². The summed E-state index contributed by atoms with van der Waals surface area (Å²) in [5.74, 6) is -1.57. The highest BCUT2D eigenvalue weighted by molar-refractivity contribution is 6.05. The van der Waals surface area contributed by atoms with E-state index in [1.54, 1.807) is 6.07 Å². The Morgan fingerprint density at radius 3 is 2.42 bits per heavy atom. The molecule has 1 atom stereocenters. The molecule has 10 heteroatoms. The van der Waals surface area contributed by atoms with Crippen molar-refractivity contribution < 1.29 is 23.5 Å². The van der Waals surface area contributed by atoms with Crippen molar-refractivity contribution in [2.75, 3.05) is 62.3 Å². The molecule has 38 heavy (non-hydrogen) atoms. The van der Waals surface area contributed by atoms with Gasteiger partial charge in [-0.25, -0.2) is 4.39 Å². The molecule has 2 aromatic rings. The van der Waals surface area contributed by atoms with Crippen LogP contribution in [0.4, 0.5) is 15.8 Å². The first kappa shape index (κ1) is 24.8. The Bertz CT molecular complexity index is 1260. The van der Waals surface area contributed by atoms with E-state index in [-0.39, 0.29) is 31.2 Å². The summed E-state index contributed by atoms with van der Waals surface area (Å²) in [6, 6.07) is 10.9. The molecule has 0 bridgehead atoms. The van der Waals surface area contributed by atoms with Gasteiger partial charge in [0.05, 0.1) is 18.9 Å². The number of halogens is 1. The van der Waals surface area contributed by atoms with Crippen molar-refractivity contribution in [1.29, 1.82) is 0 Å². The number of ether oxygens (including phenoxy) is 1. The molecule has 0 aliphatic carbocycles. The number of anilines is 2. The SMILES string of the molecule is O=C1CCC(N2Cc3cc(N4CCN(Cc5ccccc5N5CCOCC5)CC4)c(F)cc3C2=O)C(=O)N1. The third-order valence-electron chi connectivity index (χ3n) is 8.04. The van der Waals surface area contributed by atoms with E-state index >= 15 is 4.39 Å². The Kier molecular flexibility index (Phi) is 6.75. The second kappa shape index (κ2) is 10.3. The van der Waals surface area contributed by atoms with Crippen LogP contribution in [0.1, 0.15) is 34.3 Å². The Hall–Kier alpha value is -3.50. The minimum absolute atomic E-state index is 0.192. The average molecular weight is 522 g/mol. The maximum absolute atomic E-state index is 15.2. The van der Waals surface area contributed by atoms with E-state index in [1.807, 2.05) is 4.90 Å². The van der Waals surface area contributed by atoms with Gasteiger partial charge in [-0.2, -0.15) is 0 Å². The molecule has 4 heterocycles. The molecule has 200 valence electrons. The number of benzene rings is 2. The number of piperidine rings is 1. The molecule has 1 N–H and O–H groups in total. The number of hydrogen-bond donors (Lipinski definition) is 1. The van der Waals surface area contributed by atoms with Crippen LogP contribution in [-0.2, 0) is 27.4 Å². The molecular weight excluding hydrogens is 489 g/mol. The molecule has 2 aromatic carbocycles. The zero-order valence-corrected chi connectivity index (χ0v) is 21.3. The Balaban J connectivity index is 1.11. The number of nitrogens with one attached hydrogen (secondary N) is 1. The number of para-hydroxylation sites is 1. The van der Waals surface area contributed by atoms with Gasteiger partial charge in [-0.3, -0.25) is 24.6 Å². The summed E-state index contributed by atoms with van der Waals surface area (Å²) in [6.45, 7) is 7.32. The van der Waals surface area contributed by atoms with Gasteiger partial charge in [0.1, 0.15) is 11.9 Å². The van der Waals surface area contributed by atoms with Gasteiger partial charge in [0, 0.05) is 70.0 Å². The summed E-state index contributed by atoms with van der Waals surface area (Å²) in [5.41, 5.74) is 4.06. The molecule has 0 spiro atoms. The van der Waals surface area contributed by atoms with Crippen LogP contribution < -0.4 is 15.1 Å². The quantitative estimate of drug-likeness (QED) is 0.600. The molecule has 0 aromatic heterocycles. The van der Waals surface area contributed by atoms with Gasteiger partial charge in [0.25, 0.3) is 5.91 Å². The smallest absolute Gasteiger partial charge is 0.255 e. The molecule has 3 amide bonds. The summed E-state index contributed by atoms with van der Waals surface area (Å²) >= 11 is 0. The van der Waals surface area contributed by atoms with E-state index in [0.29, 0.717) is 24.3 Å². The van der Waals surface area contributed by atoms with Crippen LogP contribution in [-0.4, -0.2) is 86.0 Å². The van der Waals surface area contributed by atoms with Crippen LogP contribution in [0.3, 0.4) is 0 Å². The highest BCUT2D eigenvalue weighted by Gasteiger charge is 2.40. The van der Waals surface area contributed by atoms with Crippen LogP contribution in [0.2, 0.25) is 0 Å². The van der Waals surface area contributed by atoms with Gasteiger partial charge < -0.3 is 19.4 Å². The number of carbonyl (C=O) groups excluding carboxylic acids is 3. The van der Waals surface area contributed by atoms with Gasteiger partial charge in [0.15, 0.2) is 0 Å². The van der Waals surface area contributed by atoms with Gasteiger partial charge in [-0.05, 0) is 35.7 Å². The van der Waals surface area contributed by atoms with Crippen LogP contribution >= 0.6 is 0 Å². The lowest BCUT2D eigenvalue weighted by Gasteiger charge is -2.37. The first-order chi connectivity index (χ1) is 18.5. The fourth-order valence-electron chi connectivity index (χ4n) is 5.96. The van der Waals surface area contributed by atoms with E-state index in [4.69, 9.17) is 4.74 Å². The van der Waals surface area contributed by atoms with E-state index in [0.717, 1.165) is 51.5 Å². The van der Waals surface area contributed by atoms with Crippen LogP contribution in [0.25, 0.3) is 0 Å². The lowest BCUT2D eigenvalue weighted by molar-refractivity contribution is -0.136. The predicted octanol–water partition coefficient (Wildman–Crippen LogP) is 1.75. The molecule has 4 aliphatic heterocycles. The summed E-state index contributed by atoms with van der Waals surface area (Å²) < 4.78 is 20.8. The van der Waals surface area contributed by atoms with Crippen molar-refractivity contribution in [3.05, 3.63) is 58.9 Å². The third kappa shape index (κ3) is 4.74. The van der Waals surface area contributed by atoms with Crippen LogP contribution in [0, 0.1) is 5.82 Å². The molecule has 0 radical (unpaired) electrons. The zero-order chi connectivity index (χ0) is 26.2. The highest BCUT2D eigenvalue weighted by Crippen LogP contribution is 2.33. The number of carbonyl (C=O) groups is 3. The fourth-order valence-corrected chi connectivity index (χ4v) is 5.96. The first-order valence-electron chi connectivity index (χ1n) is 13.3. The van der Waals surface area contributed by atoms with Crippen molar-refractivity contribution in [2.24, 2.45) is 0 Å². The topological polar surface area (TPSA) is 85.4 Å². The standard InChI is InChI=1S/C28H32FN5O4/c29-22-16-21-20(18-34(28(21)37)24-5-6-26(35)30-27(24)36)15-25(22)32-9-7-31(8-10-32)17-19-3-1-2-4-23(19)33-11-13-38-14-12-33/h1-4,15-16,24H,5-14,17-18H2,(H,30,35,36). The molecule has 3 saturated heterocycles. The maximum atomic E-state index is 15.2. The number of rotatable bonds is 5. The summed E-state index contributed by atoms with van der Waals surface area (Å²) in [5, 5.41) is 2.30. The second-order valence-electron chi connectivity index (χ2n) is 10.4. The average Bonchev–Trinajstić information content (AvgIpc) is 3.24. The van der Waals surface area contributed by atoms with Crippen molar-refractivity contribution in [3.63, 3.8) is 0 Å². The number of imide groups is 1. The Morgan fingerprint density at radius 1 is 0.921 bits per heavy atom. The van der Waals surface area contributed by atoms with Gasteiger partial charge in [0.2, 0.25) is 11.8 Å². The Morgan fingerprint density at radius 2 is 1.66 bits per heavy atom. The predicted molar refractivity (Wildman–Crippen MR) is 139 cm³/mol. The molecule has 1 unspecified atom stereocenters. The normalized spacial score (nSPS) is 22.6.